The maximum absolute atomic E-state index is 12.8. The van der Waals surface area contributed by atoms with Gasteiger partial charge in [-0.15, -0.1) is 0 Å². The SMILES string of the molecule is COc1cc(NC(=O)C2CC2c2ccc(C(F)(F)F)cc2)c(OC)cc1NC(=O)c1ccccc1. The molecule has 2 atom stereocenters. The third kappa shape index (κ3) is 5.40. The van der Waals surface area contributed by atoms with Gasteiger partial charge in [-0.25, -0.2) is 0 Å². The topological polar surface area (TPSA) is 76.7 Å². The zero-order valence-corrected chi connectivity index (χ0v) is 19.0. The number of rotatable bonds is 7. The molecule has 3 aromatic rings. The molecule has 6 nitrogen and oxygen atoms in total. The Labute approximate surface area is 200 Å². The lowest BCUT2D eigenvalue weighted by molar-refractivity contribution is -0.137. The lowest BCUT2D eigenvalue weighted by Gasteiger charge is -2.16. The number of carbonyl (C=O) groups excluding carboxylic acids is 2. The van der Waals surface area contributed by atoms with E-state index in [4.69, 9.17) is 9.47 Å². The van der Waals surface area contributed by atoms with Gasteiger partial charge in [0.2, 0.25) is 5.91 Å². The van der Waals surface area contributed by atoms with Crippen molar-refractivity contribution in [2.75, 3.05) is 24.9 Å². The number of amides is 2. The average Bonchev–Trinajstić information content (AvgIpc) is 3.66. The van der Waals surface area contributed by atoms with E-state index in [-0.39, 0.29) is 23.7 Å². The van der Waals surface area contributed by atoms with Crippen LogP contribution in [0.25, 0.3) is 0 Å². The summed E-state index contributed by atoms with van der Waals surface area (Å²) in [7, 11) is 2.87. The molecule has 35 heavy (non-hydrogen) atoms. The summed E-state index contributed by atoms with van der Waals surface area (Å²) in [5.74, 6) is -0.513. The molecule has 4 rings (SSSR count). The number of nitrogens with one attached hydrogen (secondary N) is 2. The van der Waals surface area contributed by atoms with Crippen molar-refractivity contribution in [3.63, 3.8) is 0 Å². The first kappa shape index (κ1) is 24.1. The fourth-order valence-corrected chi connectivity index (χ4v) is 3.87. The average molecular weight is 484 g/mol. The van der Waals surface area contributed by atoms with Crippen molar-refractivity contribution >= 4 is 23.2 Å². The van der Waals surface area contributed by atoms with E-state index in [2.05, 4.69) is 10.6 Å². The predicted octanol–water partition coefficient (Wildman–Crippen LogP) is 5.72. The summed E-state index contributed by atoms with van der Waals surface area (Å²) in [4.78, 5) is 25.4. The number of hydrogen-bond donors (Lipinski definition) is 2. The van der Waals surface area contributed by atoms with Crippen LogP contribution in [0, 0.1) is 5.92 Å². The van der Waals surface area contributed by atoms with Crippen LogP contribution >= 0.6 is 0 Å². The second kappa shape index (κ2) is 9.69. The van der Waals surface area contributed by atoms with Crippen LogP contribution in [0.3, 0.4) is 0 Å². The Hall–Kier alpha value is -4.01. The molecule has 2 amide bonds. The van der Waals surface area contributed by atoms with Gasteiger partial charge in [-0.1, -0.05) is 30.3 Å². The van der Waals surface area contributed by atoms with Crippen molar-refractivity contribution in [2.45, 2.75) is 18.5 Å². The van der Waals surface area contributed by atoms with Crippen LogP contribution in [0.2, 0.25) is 0 Å². The minimum absolute atomic E-state index is 0.158. The molecule has 1 aliphatic carbocycles. The second-order valence-electron chi connectivity index (χ2n) is 8.13. The number of benzene rings is 3. The van der Waals surface area contributed by atoms with Crippen LogP contribution < -0.4 is 20.1 Å². The van der Waals surface area contributed by atoms with Crippen molar-refractivity contribution in [2.24, 2.45) is 5.92 Å². The fourth-order valence-electron chi connectivity index (χ4n) is 3.87. The zero-order valence-electron chi connectivity index (χ0n) is 19.0. The first-order valence-corrected chi connectivity index (χ1v) is 10.8. The molecule has 1 fully saturated rings. The Morgan fingerprint density at radius 2 is 1.43 bits per heavy atom. The number of alkyl halides is 3. The van der Waals surface area contributed by atoms with Gasteiger partial charge in [-0.3, -0.25) is 9.59 Å². The summed E-state index contributed by atoms with van der Waals surface area (Å²) in [5, 5.41) is 5.58. The summed E-state index contributed by atoms with van der Waals surface area (Å²) in [6.45, 7) is 0. The predicted molar refractivity (Wildman–Crippen MR) is 125 cm³/mol. The van der Waals surface area contributed by atoms with Crippen LogP contribution in [0.5, 0.6) is 11.5 Å². The molecule has 0 saturated heterocycles. The molecule has 1 saturated carbocycles. The second-order valence-corrected chi connectivity index (χ2v) is 8.13. The van der Waals surface area contributed by atoms with Crippen molar-refractivity contribution < 1.29 is 32.2 Å². The van der Waals surface area contributed by atoms with Gasteiger partial charge in [-0.05, 0) is 42.2 Å². The van der Waals surface area contributed by atoms with E-state index in [1.54, 1.807) is 42.5 Å². The summed E-state index contributed by atoms with van der Waals surface area (Å²) < 4.78 is 49.2. The van der Waals surface area contributed by atoms with Crippen molar-refractivity contribution in [3.8, 4) is 11.5 Å². The maximum atomic E-state index is 12.8. The number of anilines is 2. The smallest absolute Gasteiger partial charge is 0.416 e. The largest absolute Gasteiger partial charge is 0.494 e. The minimum Gasteiger partial charge on any atom is -0.494 e. The van der Waals surface area contributed by atoms with Crippen LogP contribution in [0.1, 0.15) is 33.8 Å². The van der Waals surface area contributed by atoms with Crippen molar-refractivity contribution in [1.82, 2.24) is 0 Å². The van der Waals surface area contributed by atoms with E-state index >= 15 is 0 Å². The Balaban J connectivity index is 1.47. The van der Waals surface area contributed by atoms with E-state index in [0.29, 0.717) is 40.4 Å². The Kier molecular flexibility index (Phi) is 6.68. The molecule has 0 bridgehead atoms. The summed E-state index contributed by atoms with van der Waals surface area (Å²) in [6.07, 6.45) is -3.87. The fraction of sp³-hybridized carbons (Fsp3) is 0.231. The number of halogens is 3. The van der Waals surface area contributed by atoms with Gasteiger partial charge in [0.05, 0.1) is 31.2 Å². The first-order chi connectivity index (χ1) is 16.7. The van der Waals surface area contributed by atoms with E-state index in [1.807, 2.05) is 0 Å². The van der Waals surface area contributed by atoms with Gasteiger partial charge >= 0.3 is 6.18 Å². The Morgan fingerprint density at radius 1 is 0.857 bits per heavy atom. The summed E-state index contributed by atoms with van der Waals surface area (Å²) in [6, 6.07) is 16.6. The molecule has 0 aliphatic heterocycles. The molecule has 2 unspecified atom stereocenters. The summed E-state index contributed by atoms with van der Waals surface area (Å²) in [5.41, 5.74) is 1.14. The monoisotopic (exact) mass is 484 g/mol. The number of methoxy groups -OCH3 is 2. The maximum Gasteiger partial charge on any atom is 0.416 e. The van der Waals surface area contributed by atoms with E-state index in [9.17, 15) is 22.8 Å². The molecule has 1 aliphatic rings. The van der Waals surface area contributed by atoms with Gasteiger partial charge in [0, 0.05) is 23.6 Å². The first-order valence-electron chi connectivity index (χ1n) is 10.8. The van der Waals surface area contributed by atoms with E-state index in [1.165, 1.54) is 26.4 Å². The van der Waals surface area contributed by atoms with Crippen molar-refractivity contribution in [3.05, 3.63) is 83.4 Å². The van der Waals surface area contributed by atoms with Crippen LogP contribution in [0.15, 0.2) is 66.7 Å². The molecular formula is C26H23F3N2O4. The van der Waals surface area contributed by atoms with Gasteiger partial charge < -0.3 is 20.1 Å². The molecule has 9 heteroatoms. The van der Waals surface area contributed by atoms with Gasteiger partial charge in [0.15, 0.2) is 0 Å². The number of hydrogen-bond acceptors (Lipinski definition) is 4. The lowest BCUT2D eigenvalue weighted by atomic mass is 10.1. The molecule has 182 valence electrons. The van der Waals surface area contributed by atoms with Crippen LogP contribution in [0.4, 0.5) is 24.5 Å². The number of ether oxygens (including phenoxy) is 2. The van der Waals surface area contributed by atoms with Gasteiger partial charge in [-0.2, -0.15) is 13.2 Å². The zero-order chi connectivity index (χ0) is 25.2. The van der Waals surface area contributed by atoms with Gasteiger partial charge in [0.25, 0.3) is 5.91 Å². The summed E-state index contributed by atoms with van der Waals surface area (Å²) >= 11 is 0. The third-order valence-corrected chi connectivity index (χ3v) is 5.86. The highest BCUT2D eigenvalue weighted by molar-refractivity contribution is 6.05. The molecule has 0 aromatic heterocycles. The van der Waals surface area contributed by atoms with E-state index in [0.717, 1.165) is 12.1 Å². The molecule has 0 spiro atoms. The van der Waals surface area contributed by atoms with Crippen molar-refractivity contribution in [1.29, 1.82) is 0 Å². The Morgan fingerprint density at radius 3 is 1.97 bits per heavy atom. The standard InChI is InChI=1S/C26H23F3N2O4/c1-34-22-14-21(23(35-2)13-20(22)30-24(32)16-6-4-3-5-7-16)31-25(33)19-12-18(19)15-8-10-17(11-9-15)26(27,28)29/h3-11,13-14,18-19H,12H2,1-2H3,(H,30,32)(H,31,33). The molecule has 3 aromatic carbocycles. The minimum atomic E-state index is -4.40. The Bertz CT molecular complexity index is 1230. The van der Waals surface area contributed by atoms with Gasteiger partial charge in [0.1, 0.15) is 11.5 Å². The van der Waals surface area contributed by atoms with E-state index < -0.39 is 11.7 Å². The van der Waals surface area contributed by atoms with Crippen LogP contribution in [-0.2, 0) is 11.0 Å². The molecule has 0 heterocycles. The molecule has 0 radical (unpaired) electrons. The molecular weight excluding hydrogens is 461 g/mol. The number of carbonyl (C=O) groups is 2. The highest BCUT2D eigenvalue weighted by Gasteiger charge is 2.44. The normalized spacial score (nSPS) is 16.8. The third-order valence-electron chi connectivity index (χ3n) is 5.86. The highest BCUT2D eigenvalue weighted by atomic mass is 19.4. The molecule has 2 N–H and O–H groups in total. The highest BCUT2D eigenvalue weighted by Crippen LogP contribution is 2.49. The lowest BCUT2D eigenvalue weighted by Crippen LogP contribution is -2.16. The quantitative estimate of drug-likeness (QED) is 0.450. The van der Waals surface area contributed by atoms with Crippen LogP contribution in [-0.4, -0.2) is 26.0 Å².